The van der Waals surface area contributed by atoms with E-state index in [4.69, 9.17) is 4.98 Å². The zero-order chi connectivity index (χ0) is 16.4. The van der Waals surface area contributed by atoms with Crippen LogP contribution in [0.3, 0.4) is 0 Å². The van der Waals surface area contributed by atoms with E-state index in [-0.39, 0.29) is 5.92 Å². The molecule has 0 saturated carbocycles. The third-order valence-corrected chi connectivity index (χ3v) is 4.30. The summed E-state index contributed by atoms with van der Waals surface area (Å²) in [5.41, 5.74) is 5.46. The molecule has 2 nitrogen and oxygen atoms in total. The molecule has 0 saturated heterocycles. The predicted molar refractivity (Wildman–Crippen MR) is 99.1 cm³/mol. The normalized spacial score (nSPS) is 12.2. The number of imidazole rings is 1. The topological polar surface area (TPSA) is 17.3 Å². The molecule has 0 amide bonds. The molecule has 4 aromatic rings. The fraction of sp³-hybridized carbons (Fsp3) is 0.0455. The van der Waals surface area contributed by atoms with Gasteiger partial charge in [-0.1, -0.05) is 72.8 Å². The van der Waals surface area contributed by atoms with Crippen molar-refractivity contribution in [3.05, 3.63) is 109 Å². The smallest absolute Gasteiger partial charge is 0.137 e. The molecule has 0 aliphatic rings. The van der Waals surface area contributed by atoms with Crippen molar-refractivity contribution in [1.29, 1.82) is 0 Å². The van der Waals surface area contributed by atoms with Gasteiger partial charge in [-0.2, -0.15) is 0 Å². The number of hydrogen-bond donors (Lipinski definition) is 0. The van der Waals surface area contributed by atoms with Gasteiger partial charge in [0.15, 0.2) is 0 Å². The van der Waals surface area contributed by atoms with E-state index >= 15 is 0 Å². The Labute approximate surface area is 141 Å². The third kappa shape index (κ3) is 2.42. The summed E-state index contributed by atoms with van der Waals surface area (Å²) < 4.78 is 2.17. The van der Waals surface area contributed by atoms with Crippen LogP contribution in [0.5, 0.6) is 0 Å². The standard InChI is InChI=1S/C22H18N2/c1-2-19(17-11-5-3-6-12-17)22-21(18-13-7-4-8-14-18)23-20-15-9-10-16-24(20)22/h2-16,19H,1H2. The average molecular weight is 310 g/mol. The van der Waals surface area contributed by atoms with Crippen molar-refractivity contribution in [3.8, 4) is 11.3 Å². The van der Waals surface area contributed by atoms with E-state index in [0.717, 1.165) is 22.6 Å². The van der Waals surface area contributed by atoms with E-state index < -0.39 is 0 Å². The first-order chi connectivity index (χ1) is 11.9. The maximum Gasteiger partial charge on any atom is 0.137 e. The molecule has 0 spiro atoms. The van der Waals surface area contributed by atoms with Crippen LogP contribution >= 0.6 is 0 Å². The van der Waals surface area contributed by atoms with Crippen LogP contribution in [0, 0.1) is 0 Å². The highest BCUT2D eigenvalue weighted by molar-refractivity contribution is 5.68. The lowest BCUT2D eigenvalue weighted by atomic mass is 9.92. The minimum absolute atomic E-state index is 0.0822. The third-order valence-electron chi connectivity index (χ3n) is 4.30. The Morgan fingerprint density at radius 1 is 0.833 bits per heavy atom. The molecule has 0 aliphatic carbocycles. The molecule has 1 atom stereocenters. The Bertz CT molecular complexity index is 969. The quantitative estimate of drug-likeness (QED) is 0.466. The zero-order valence-corrected chi connectivity index (χ0v) is 13.3. The molecule has 116 valence electrons. The van der Waals surface area contributed by atoms with Crippen LogP contribution in [0.15, 0.2) is 97.7 Å². The molecule has 0 aliphatic heterocycles. The van der Waals surface area contributed by atoms with Crippen molar-refractivity contribution in [2.45, 2.75) is 5.92 Å². The highest BCUT2D eigenvalue weighted by atomic mass is 15.0. The minimum atomic E-state index is 0.0822. The largest absolute Gasteiger partial charge is 0.302 e. The van der Waals surface area contributed by atoms with Crippen LogP contribution in [-0.2, 0) is 0 Å². The number of allylic oxidation sites excluding steroid dienone is 1. The maximum atomic E-state index is 4.89. The summed E-state index contributed by atoms with van der Waals surface area (Å²) in [6.45, 7) is 4.09. The van der Waals surface area contributed by atoms with Crippen molar-refractivity contribution in [1.82, 2.24) is 9.38 Å². The first-order valence-electron chi connectivity index (χ1n) is 8.08. The second kappa shape index (κ2) is 6.17. The Balaban J connectivity index is 2.01. The summed E-state index contributed by atoms with van der Waals surface area (Å²) in [5, 5.41) is 0. The molecule has 0 radical (unpaired) electrons. The predicted octanol–water partition coefficient (Wildman–Crippen LogP) is 5.32. The van der Waals surface area contributed by atoms with Crippen molar-refractivity contribution in [3.63, 3.8) is 0 Å². The number of aromatic nitrogens is 2. The maximum absolute atomic E-state index is 4.89. The number of nitrogens with zero attached hydrogens (tertiary/aromatic N) is 2. The van der Waals surface area contributed by atoms with Gasteiger partial charge in [0, 0.05) is 17.7 Å². The molecule has 2 aromatic heterocycles. The van der Waals surface area contributed by atoms with Crippen molar-refractivity contribution in [2.75, 3.05) is 0 Å². The van der Waals surface area contributed by atoms with Crippen LogP contribution in [0.2, 0.25) is 0 Å². The van der Waals surface area contributed by atoms with Gasteiger partial charge in [-0.25, -0.2) is 4.98 Å². The molecule has 0 fully saturated rings. The highest BCUT2D eigenvalue weighted by Crippen LogP contribution is 2.34. The van der Waals surface area contributed by atoms with Gasteiger partial charge >= 0.3 is 0 Å². The molecule has 0 N–H and O–H groups in total. The van der Waals surface area contributed by atoms with Gasteiger partial charge in [0.05, 0.1) is 11.4 Å². The zero-order valence-electron chi connectivity index (χ0n) is 13.3. The number of rotatable bonds is 4. The second-order valence-corrected chi connectivity index (χ2v) is 5.76. The lowest BCUT2D eigenvalue weighted by Crippen LogP contribution is -2.03. The van der Waals surface area contributed by atoms with E-state index in [9.17, 15) is 0 Å². The number of fused-ring (bicyclic) bond motifs is 1. The average Bonchev–Trinajstić information content (AvgIpc) is 3.04. The number of pyridine rings is 1. The van der Waals surface area contributed by atoms with Gasteiger partial charge in [0.1, 0.15) is 5.65 Å². The summed E-state index contributed by atoms with van der Waals surface area (Å²) >= 11 is 0. The SMILES string of the molecule is C=CC(c1ccccc1)c1c(-c2ccccc2)nc2ccccn12. The lowest BCUT2D eigenvalue weighted by molar-refractivity contribution is 0.933. The number of benzene rings is 2. The van der Waals surface area contributed by atoms with Crippen LogP contribution in [0.25, 0.3) is 16.9 Å². The van der Waals surface area contributed by atoms with Gasteiger partial charge in [-0.3, -0.25) is 0 Å². The van der Waals surface area contributed by atoms with Crippen LogP contribution in [-0.4, -0.2) is 9.38 Å². The molecule has 24 heavy (non-hydrogen) atoms. The Morgan fingerprint density at radius 2 is 1.50 bits per heavy atom. The lowest BCUT2D eigenvalue weighted by Gasteiger charge is -2.15. The molecule has 1 unspecified atom stereocenters. The summed E-state index contributed by atoms with van der Waals surface area (Å²) in [6.07, 6.45) is 4.07. The second-order valence-electron chi connectivity index (χ2n) is 5.76. The van der Waals surface area contributed by atoms with E-state index in [1.165, 1.54) is 5.56 Å². The van der Waals surface area contributed by atoms with E-state index in [2.05, 4.69) is 65.7 Å². The van der Waals surface area contributed by atoms with Crippen LogP contribution in [0.4, 0.5) is 0 Å². The summed E-state index contributed by atoms with van der Waals surface area (Å²) in [5.74, 6) is 0.0822. The van der Waals surface area contributed by atoms with E-state index in [1.807, 2.05) is 36.4 Å². The van der Waals surface area contributed by atoms with E-state index in [0.29, 0.717) is 0 Å². The van der Waals surface area contributed by atoms with Gasteiger partial charge in [0.25, 0.3) is 0 Å². The Morgan fingerprint density at radius 3 is 2.21 bits per heavy atom. The van der Waals surface area contributed by atoms with Crippen molar-refractivity contribution >= 4 is 5.65 Å². The Kier molecular flexibility index (Phi) is 3.72. The van der Waals surface area contributed by atoms with Gasteiger partial charge in [0.2, 0.25) is 0 Å². The summed E-state index contributed by atoms with van der Waals surface area (Å²) in [6, 6.07) is 26.9. The van der Waals surface area contributed by atoms with Gasteiger partial charge < -0.3 is 4.40 Å². The first kappa shape index (κ1) is 14.5. The molecule has 4 rings (SSSR count). The van der Waals surface area contributed by atoms with E-state index in [1.54, 1.807) is 0 Å². The van der Waals surface area contributed by atoms with Crippen molar-refractivity contribution in [2.24, 2.45) is 0 Å². The molecular weight excluding hydrogens is 292 g/mol. The Hall–Kier alpha value is -3.13. The van der Waals surface area contributed by atoms with Crippen molar-refractivity contribution < 1.29 is 0 Å². The summed E-state index contributed by atoms with van der Waals surface area (Å²) in [4.78, 5) is 4.89. The summed E-state index contributed by atoms with van der Waals surface area (Å²) in [7, 11) is 0. The minimum Gasteiger partial charge on any atom is -0.302 e. The fourth-order valence-corrected chi connectivity index (χ4v) is 3.19. The highest BCUT2D eigenvalue weighted by Gasteiger charge is 2.21. The monoisotopic (exact) mass is 310 g/mol. The number of hydrogen-bond acceptors (Lipinski definition) is 1. The molecule has 0 bridgehead atoms. The van der Waals surface area contributed by atoms with Gasteiger partial charge in [-0.05, 0) is 17.7 Å². The molecule has 2 heterocycles. The van der Waals surface area contributed by atoms with Crippen LogP contribution in [0.1, 0.15) is 17.2 Å². The van der Waals surface area contributed by atoms with Crippen LogP contribution < -0.4 is 0 Å². The molecular formula is C22H18N2. The molecule has 2 heteroatoms. The first-order valence-corrected chi connectivity index (χ1v) is 8.08. The fourth-order valence-electron chi connectivity index (χ4n) is 3.19. The van der Waals surface area contributed by atoms with Gasteiger partial charge in [-0.15, -0.1) is 6.58 Å². The molecule has 2 aromatic carbocycles.